The second-order valence-corrected chi connectivity index (χ2v) is 11.7. The van der Waals surface area contributed by atoms with Gasteiger partial charge in [-0.1, -0.05) is 48.5 Å². The van der Waals surface area contributed by atoms with Crippen molar-refractivity contribution in [3.8, 4) is 11.3 Å². The van der Waals surface area contributed by atoms with Crippen LogP contribution in [-0.2, 0) is 24.1 Å². The van der Waals surface area contributed by atoms with Crippen molar-refractivity contribution in [1.29, 1.82) is 0 Å². The van der Waals surface area contributed by atoms with Crippen molar-refractivity contribution in [3.05, 3.63) is 88.9 Å². The molecule has 1 aliphatic rings. The lowest BCUT2D eigenvalue weighted by atomic mass is 9.96. The molecule has 1 aromatic heterocycles. The number of halogens is 1. The molecule has 2 N–H and O–H groups in total. The lowest BCUT2D eigenvalue weighted by molar-refractivity contribution is 0.0945. The van der Waals surface area contributed by atoms with Crippen LogP contribution in [0.5, 0.6) is 0 Å². The van der Waals surface area contributed by atoms with Gasteiger partial charge in [-0.05, 0) is 44.9 Å². The third kappa shape index (κ3) is 5.34. The van der Waals surface area contributed by atoms with Gasteiger partial charge in [-0.3, -0.25) is 4.79 Å². The van der Waals surface area contributed by atoms with Crippen molar-refractivity contribution >= 4 is 16.9 Å². The Kier molecular flexibility index (Phi) is 7.44. The number of hydrogen-bond acceptors (Lipinski definition) is 4. The summed E-state index contributed by atoms with van der Waals surface area (Å²) in [7, 11) is -1.33. The zero-order chi connectivity index (χ0) is 25.2. The van der Waals surface area contributed by atoms with E-state index in [1.165, 1.54) is 6.07 Å². The fourth-order valence-electron chi connectivity index (χ4n) is 4.31. The number of aliphatic hydroxyl groups excluding tert-OH is 1. The molecule has 0 fully saturated rings. The van der Waals surface area contributed by atoms with Crippen LogP contribution in [0.4, 0.5) is 4.39 Å². The Morgan fingerprint density at radius 2 is 1.86 bits per heavy atom. The Hall–Kier alpha value is -2.94. The maximum Gasteiger partial charge on any atom is 0.270 e. The molecule has 4 rings (SSSR count). The molecule has 0 unspecified atom stereocenters. The van der Waals surface area contributed by atoms with Crippen LogP contribution in [0.15, 0.2) is 60.7 Å². The highest BCUT2D eigenvalue weighted by Crippen LogP contribution is 2.43. The molecule has 8 heteroatoms. The first-order valence-corrected chi connectivity index (χ1v) is 12.7. The lowest BCUT2D eigenvalue weighted by Crippen LogP contribution is -2.36. The fraction of sp³-hybridized carbons (Fsp3) is 0.333. The summed E-state index contributed by atoms with van der Waals surface area (Å²) in [5, 5.41) is 12.6. The van der Waals surface area contributed by atoms with Gasteiger partial charge in [-0.25, -0.2) is 17.9 Å². The number of fused-ring (bicyclic) bond motifs is 1. The highest BCUT2D eigenvalue weighted by atomic mass is 32.2. The zero-order valence-corrected chi connectivity index (χ0v) is 20.9. The lowest BCUT2D eigenvalue weighted by Gasteiger charge is -2.30. The Morgan fingerprint density at radius 3 is 2.51 bits per heavy atom. The highest BCUT2D eigenvalue weighted by Gasteiger charge is 2.40. The number of aliphatic hydroxyl groups is 1. The number of amides is 1. The number of nitrogens with one attached hydrogen (secondary N) is 1. The maximum atomic E-state index is 14.0. The summed E-state index contributed by atoms with van der Waals surface area (Å²) < 4.78 is 28.8. The van der Waals surface area contributed by atoms with Gasteiger partial charge in [0.2, 0.25) is 0 Å². The number of nitrogens with zero attached hydrogens (tertiary/aromatic N) is 2. The average molecular weight is 496 g/mol. The van der Waals surface area contributed by atoms with Crippen LogP contribution in [-0.4, -0.2) is 35.9 Å². The van der Waals surface area contributed by atoms with E-state index in [0.29, 0.717) is 24.2 Å². The minimum absolute atomic E-state index is 0.0399. The molecular formula is C27H30FN3O3S. The van der Waals surface area contributed by atoms with E-state index in [-0.39, 0.29) is 30.7 Å². The molecule has 2 aromatic carbocycles. The van der Waals surface area contributed by atoms with E-state index in [1.807, 2.05) is 55.4 Å². The normalized spacial score (nSPS) is 16.7. The molecule has 3 aromatic rings. The van der Waals surface area contributed by atoms with Gasteiger partial charge in [0.05, 0.1) is 16.5 Å². The number of aromatic nitrogens is 1. The summed E-state index contributed by atoms with van der Waals surface area (Å²) in [6.45, 7) is 6.10. The first kappa shape index (κ1) is 25.2. The largest absolute Gasteiger partial charge is 0.396 e. The van der Waals surface area contributed by atoms with Crippen molar-refractivity contribution in [2.45, 2.75) is 51.1 Å². The van der Waals surface area contributed by atoms with Crippen molar-refractivity contribution in [2.24, 2.45) is 0 Å². The first-order chi connectivity index (χ1) is 16.7. The summed E-state index contributed by atoms with van der Waals surface area (Å²) in [5.41, 5.74) is 3.80. The first-order valence-electron chi connectivity index (χ1n) is 11.6. The van der Waals surface area contributed by atoms with Crippen LogP contribution in [0.25, 0.3) is 11.3 Å². The topological polar surface area (TPSA) is 82.5 Å². The van der Waals surface area contributed by atoms with Crippen LogP contribution in [0.2, 0.25) is 0 Å². The Morgan fingerprint density at radius 1 is 1.17 bits per heavy atom. The second kappa shape index (κ2) is 10.4. The van der Waals surface area contributed by atoms with Crippen LogP contribution in [0.1, 0.15) is 60.4 Å². The maximum absolute atomic E-state index is 14.0. The molecular weight excluding hydrogens is 465 g/mol. The number of carbonyl (C=O) groups is 1. The van der Waals surface area contributed by atoms with Gasteiger partial charge in [0, 0.05) is 36.4 Å². The second-order valence-electron chi connectivity index (χ2n) is 9.53. The van der Waals surface area contributed by atoms with Crippen molar-refractivity contribution < 1.29 is 18.5 Å². The van der Waals surface area contributed by atoms with Crippen molar-refractivity contribution in [3.63, 3.8) is 0 Å². The average Bonchev–Trinajstić information content (AvgIpc) is 3.20. The van der Waals surface area contributed by atoms with Crippen LogP contribution >= 0.6 is 0 Å². The molecule has 2 heterocycles. The van der Waals surface area contributed by atoms with Gasteiger partial charge in [-0.2, -0.15) is 0 Å². The zero-order valence-electron chi connectivity index (χ0n) is 20.1. The van der Waals surface area contributed by atoms with E-state index in [0.717, 1.165) is 16.7 Å². The number of pyridine rings is 1. The minimum Gasteiger partial charge on any atom is -0.396 e. The number of benzene rings is 2. The third-order valence-electron chi connectivity index (χ3n) is 5.97. The standard InChI is InChI=1S/C27H30FN3O3S/c1-27(2,3)35(34)31-17-20-15-22(26(33)29-16-19-11-7-8-12-21(19)28)30-25(18-9-5-4-6-10-18)24(20)23(31)13-14-32/h4-12,15,23,32H,13-14,16-17H2,1-3H3,(H,29,33)/t23-,35+/m1/s1. The van der Waals surface area contributed by atoms with E-state index in [9.17, 15) is 18.5 Å². The molecule has 0 saturated heterocycles. The van der Waals surface area contributed by atoms with E-state index in [2.05, 4.69) is 5.32 Å². The molecule has 1 aliphatic heterocycles. The number of carbonyl (C=O) groups excluding carboxylic acids is 1. The third-order valence-corrected chi connectivity index (χ3v) is 7.83. The number of rotatable bonds is 7. The molecule has 35 heavy (non-hydrogen) atoms. The molecule has 184 valence electrons. The summed E-state index contributed by atoms with van der Waals surface area (Å²) >= 11 is 0. The Labute approximate surface area is 207 Å². The van der Waals surface area contributed by atoms with Crippen molar-refractivity contribution in [2.75, 3.05) is 6.61 Å². The predicted molar refractivity (Wildman–Crippen MR) is 135 cm³/mol. The van der Waals surface area contributed by atoms with E-state index < -0.39 is 21.6 Å². The summed E-state index contributed by atoms with van der Waals surface area (Å²) in [5.74, 6) is -0.797. The Bertz CT molecular complexity index is 1240. The summed E-state index contributed by atoms with van der Waals surface area (Å²) in [6.07, 6.45) is 0.398. The molecule has 1 amide bonds. The van der Waals surface area contributed by atoms with Crippen LogP contribution in [0.3, 0.4) is 0 Å². The van der Waals surface area contributed by atoms with E-state index >= 15 is 0 Å². The van der Waals surface area contributed by atoms with Crippen molar-refractivity contribution in [1.82, 2.24) is 14.6 Å². The van der Waals surface area contributed by atoms with Crippen LogP contribution < -0.4 is 5.32 Å². The SMILES string of the molecule is CC(C)(C)[S@](=O)N1Cc2cc(C(=O)NCc3ccccc3F)nc(-c3ccccc3)c2[C@H]1CCO. The summed E-state index contributed by atoms with van der Waals surface area (Å²) in [4.78, 5) is 17.8. The van der Waals surface area contributed by atoms with Gasteiger partial charge >= 0.3 is 0 Å². The molecule has 0 aliphatic carbocycles. The summed E-state index contributed by atoms with van der Waals surface area (Å²) in [6, 6.07) is 17.3. The molecule has 0 radical (unpaired) electrons. The number of hydrogen-bond donors (Lipinski definition) is 2. The predicted octanol–water partition coefficient (Wildman–Crippen LogP) is 4.52. The minimum atomic E-state index is -1.33. The van der Waals surface area contributed by atoms with Gasteiger partial charge in [0.25, 0.3) is 5.91 Å². The smallest absolute Gasteiger partial charge is 0.270 e. The molecule has 0 spiro atoms. The van der Waals surface area contributed by atoms with Gasteiger partial charge in [-0.15, -0.1) is 0 Å². The van der Waals surface area contributed by atoms with E-state index in [4.69, 9.17) is 4.98 Å². The molecule has 2 atom stereocenters. The van der Waals surface area contributed by atoms with Gasteiger partial charge in [0.1, 0.15) is 22.5 Å². The molecule has 0 bridgehead atoms. The highest BCUT2D eigenvalue weighted by molar-refractivity contribution is 7.84. The monoisotopic (exact) mass is 495 g/mol. The van der Waals surface area contributed by atoms with E-state index in [1.54, 1.807) is 24.3 Å². The van der Waals surface area contributed by atoms with Gasteiger partial charge in [0.15, 0.2) is 0 Å². The fourth-order valence-corrected chi connectivity index (χ4v) is 5.71. The molecule has 0 saturated carbocycles. The quantitative estimate of drug-likeness (QED) is 0.505. The van der Waals surface area contributed by atoms with Crippen LogP contribution in [0, 0.1) is 5.82 Å². The Balaban J connectivity index is 1.75. The molecule has 6 nitrogen and oxygen atoms in total. The van der Waals surface area contributed by atoms with Gasteiger partial charge < -0.3 is 10.4 Å².